The van der Waals surface area contributed by atoms with Gasteiger partial charge in [0.1, 0.15) is 0 Å². The van der Waals surface area contributed by atoms with Gasteiger partial charge < -0.3 is 4.57 Å². The molecular formula is C63H37N5S. The van der Waals surface area contributed by atoms with Crippen molar-refractivity contribution in [3.05, 3.63) is 224 Å². The molecule has 11 aromatic carbocycles. The Morgan fingerprint density at radius 1 is 0.304 bits per heavy atom. The molecule has 0 amide bonds. The van der Waals surface area contributed by atoms with Gasteiger partial charge in [0.2, 0.25) is 5.95 Å². The minimum absolute atomic E-state index is 0.564. The molecule has 6 heteroatoms. The molecule has 0 unspecified atom stereocenters. The molecule has 0 atom stereocenters. The number of thiophene rings is 1. The van der Waals surface area contributed by atoms with Gasteiger partial charge in [-0.15, -0.1) is 11.3 Å². The van der Waals surface area contributed by atoms with Crippen molar-refractivity contribution >= 4 is 107 Å². The summed E-state index contributed by atoms with van der Waals surface area (Å²) in [6.07, 6.45) is 0. The fraction of sp³-hybridized carbons (Fsp3) is 0. The molecule has 15 rings (SSSR count). The Morgan fingerprint density at radius 3 is 1.54 bits per heavy atom. The van der Waals surface area contributed by atoms with Crippen LogP contribution < -0.4 is 0 Å². The molecule has 69 heavy (non-hydrogen) atoms. The van der Waals surface area contributed by atoms with Crippen LogP contribution in [0.2, 0.25) is 0 Å². The lowest BCUT2D eigenvalue weighted by Gasteiger charge is -2.17. The molecular weight excluding hydrogens is 859 g/mol. The van der Waals surface area contributed by atoms with Crippen LogP contribution in [-0.2, 0) is 0 Å². The average Bonchev–Trinajstić information content (AvgIpc) is 4.09. The van der Waals surface area contributed by atoms with Gasteiger partial charge in [-0.2, -0.15) is 9.97 Å². The number of benzene rings is 11. The first kappa shape index (κ1) is 38.2. The Morgan fingerprint density at radius 2 is 0.812 bits per heavy atom. The van der Waals surface area contributed by atoms with Gasteiger partial charge >= 0.3 is 0 Å². The molecule has 5 nitrogen and oxygen atoms in total. The highest BCUT2D eigenvalue weighted by atomic mass is 32.1. The van der Waals surface area contributed by atoms with E-state index in [0.717, 1.165) is 70.9 Å². The summed E-state index contributed by atoms with van der Waals surface area (Å²) in [6, 6.07) is 81.0. The summed E-state index contributed by atoms with van der Waals surface area (Å²) in [7, 11) is 0. The number of hydrogen-bond acceptors (Lipinski definition) is 4. The van der Waals surface area contributed by atoms with Crippen LogP contribution in [-0.4, -0.2) is 24.1 Å². The van der Waals surface area contributed by atoms with E-state index in [1.165, 1.54) is 53.2 Å². The maximum Gasteiger partial charge on any atom is 0.238 e. The molecule has 0 spiro atoms. The Bertz CT molecular complexity index is 4580. The quantitative estimate of drug-likeness (QED) is 0.162. The zero-order valence-electron chi connectivity index (χ0n) is 37.0. The normalized spacial score (nSPS) is 12.1. The third kappa shape index (κ3) is 5.61. The van der Waals surface area contributed by atoms with Crippen LogP contribution in [0.5, 0.6) is 0 Å². The zero-order valence-corrected chi connectivity index (χ0v) is 37.8. The third-order valence-electron chi connectivity index (χ3n) is 14.2. The van der Waals surface area contributed by atoms with Crippen molar-refractivity contribution in [3.8, 4) is 45.5 Å². The predicted octanol–water partition coefficient (Wildman–Crippen LogP) is 16.9. The van der Waals surface area contributed by atoms with E-state index in [1.807, 2.05) is 18.2 Å². The van der Waals surface area contributed by atoms with Crippen molar-refractivity contribution in [1.29, 1.82) is 0 Å². The lowest BCUT2D eigenvalue weighted by Crippen LogP contribution is -2.07. The van der Waals surface area contributed by atoms with Gasteiger partial charge in [-0.05, 0) is 74.3 Å². The molecule has 0 radical (unpaired) electrons. The van der Waals surface area contributed by atoms with Crippen LogP contribution in [0.1, 0.15) is 0 Å². The van der Waals surface area contributed by atoms with Crippen molar-refractivity contribution in [2.24, 2.45) is 0 Å². The predicted molar refractivity (Wildman–Crippen MR) is 290 cm³/mol. The lowest BCUT2D eigenvalue weighted by atomic mass is 9.92. The average molecular weight is 896 g/mol. The number of nitrogens with zero attached hydrogens (tertiary/aromatic N) is 5. The highest BCUT2D eigenvalue weighted by Gasteiger charge is 2.25. The van der Waals surface area contributed by atoms with E-state index >= 15 is 0 Å². The van der Waals surface area contributed by atoms with E-state index in [0.29, 0.717) is 17.6 Å². The summed E-state index contributed by atoms with van der Waals surface area (Å²) < 4.78 is 7.17. The monoisotopic (exact) mass is 895 g/mol. The number of fused-ring (bicyclic) bond motifs is 16. The molecule has 0 bridgehead atoms. The molecule has 0 N–H and O–H groups in total. The number of aromatic nitrogens is 5. The first-order valence-corrected chi connectivity index (χ1v) is 24.2. The van der Waals surface area contributed by atoms with E-state index in [9.17, 15) is 0 Å². The molecule has 0 aliphatic rings. The second-order valence-electron chi connectivity index (χ2n) is 17.9. The zero-order chi connectivity index (χ0) is 45.2. The van der Waals surface area contributed by atoms with E-state index < -0.39 is 0 Å². The first-order valence-electron chi connectivity index (χ1n) is 23.4. The summed E-state index contributed by atoms with van der Waals surface area (Å²) in [5, 5.41) is 14.6. The van der Waals surface area contributed by atoms with Gasteiger partial charge in [0.25, 0.3) is 0 Å². The van der Waals surface area contributed by atoms with Crippen molar-refractivity contribution in [3.63, 3.8) is 0 Å². The summed E-state index contributed by atoms with van der Waals surface area (Å²) in [5.41, 5.74) is 9.57. The van der Waals surface area contributed by atoms with Gasteiger partial charge in [-0.3, -0.25) is 4.57 Å². The van der Waals surface area contributed by atoms with Gasteiger partial charge in [-0.25, -0.2) is 4.98 Å². The van der Waals surface area contributed by atoms with E-state index in [1.54, 1.807) is 11.3 Å². The fourth-order valence-electron chi connectivity index (χ4n) is 11.2. The minimum atomic E-state index is 0.564. The Kier molecular flexibility index (Phi) is 8.17. The molecule has 320 valence electrons. The second kappa shape index (κ2) is 14.8. The molecule has 0 saturated carbocycles. The van der Waals surface area contributed by atoms with Gasteiger partial charge in [0.05, 0.1) is 27.8 Å². The van der Waals surface area contributed by atoms with Crippen LogP contribution in [0.25, 0.3) is 142 Å². The Labute approximate surface area is 399 Å². The Balaban J connectivity index is 1.04. The van der Waals surface area contributed by atoms with Crippen molar-refractivity contribution < 1.29 is 0 Å². The Hall–Kier alpha value is -8.97. The van der Waals surface area contributed by atoms with Crippen molar-refractivity contribution in [1.82, 2.24) is 24.1 Å². The van der Waals surface area contributed by atoms with Crippen molar-refractivity contribution in [2.45, 2.75) is 0 Å². The maximum absolute atomic E-state index is 5.53. The van der Waals surface area contributed by atoms with E-state index in [4.69, 9.17) is 15.0 Å². The topological polar surface area (TPSA) is 48.5 Å². The minimum Gasteiger partial charge on any atom is -0.307 e. The smallest absolute Gasteiger partial charge is 0.238 e. The van der Waals surface area contributed by atoms with Crippen molar-refractivity contribution in [2.75, 3.05) is 0 Å². The molecule has 15 aromatic rings. The van der Waals surface area contributed by atoms with Gasteiger partial charge in [0.15, 0.2) is 11.6 Å². The highest BCUT2D eigenvalue weighted by molar-refractivity contribution is 7.26. The highest BCUT2D eigenvalue weighted by Crippen LogP contribution is 2.45. The number of hydrogen-bond donors (Lipinski definition) is 0. The van der Waals surface area contributed by atoms with Gasteiger partial charge in [-0.1, -0.05) is 188 Å². The van der Waals surface area contributed by atoms with Crippen LogP contribution in [0, 0.1) is 0 Å². The van der Waals surface area contributed by atoms with Crippen LogP contribution >= 0.6 is 11.3 Å². The molecule has 4 aromatic heterocycles. The molecule has 4 heterocycles. The SMILES string of the molecule is c1ccc(-c2nc(-c3cccc4c3sc3ccccc34)nc(-n3c4ccccc4c4ccc5c6ccccc6n(-c6ccccc6-c6ccc7c8ccccc8c8ccccc8c7c6)c5c43)n2)cc1. The summed E-state index contributed by atoms with van der Waals surface area (Å²) in [4.78, 5) is 16.3. The summed E-state index contributed by atoms with van der Waals surface area (Å²) >= 11 is 1.79. The molecule has 0 fully saturated rings. The summed E-state index contributed by atoms with van der Waals surface area (Å²) in [6.45, 7) is 0. The number of para-hydroxylation sites is 3. The standard InChI is InChI=1S/C63H37N5S/c1-2-17-38(18-3-1)61-64-62(52-28-16-27-51-48-26-11-15-32-57(48)69-60(51)52)66-63(65-61)68-56-31-14-10-25-47(56)50-36-35-49-46-24-9-13-30-55(46)67(58(49)59(50)68)54-29-12-8-19-40(54)39-33-34-45-43-22-5-4-20-41(43)42-21-6-7-23-44(42)53(45)37-39/h1-37H. The van der Waals surface area contributed by atoms with Gasteiger partial charge in [0, 0.05) is 58.4 Å². The number of rotatable bonds is 5. The van der Waals surface area contributed by atoms with E-state index in [-0.39, 0.29) is 0 Å². The second-order valence-corrected chi connectivity index (χ2v) is 18.9. The lowest BCUT2D eigenvalue weighted by molar-refractivity contribution is 0.954. The van der Waals surface area contributed by atoms with E-state index in [2.05, 4.69) is 215 Å². The largest absolute Gasteiger partial charge is 0.307 e. The fourth-order valence-corrected chi connectivity index (χ4v) is 12.4. The van der Waals surface area contributed by atoms with Crippen LogP contribution in [0.4, 0.5) is 0 Å². The van der Waals surface area contributed by atoms with Crippen LogP contribution in [0.3, 0.4) is 0 Å². The molecule has 0 saturated heterocycles. The molecule has 0 aliphatic carbocycles. The first-order chi connectivity index (χ1) is 34.2. The van der Waals surface area contributed by atoms with Crippen LogP contribution in [0.15, 0.2) is 224 Å². The summed E-state index contributed by atoms with van der Waals surface area (Å²) in [5.74, 6) is 1.82. The molecule has 0 aliphatic heterocycles. The third-order valence-corrected chi connectivity index (χ3v) is 15.4. The maximum atomic E-state index is 5.53.